The lowest BCUT2D eigenvalue weighted by molar-refractivity contribution is 0.0515. The highest BCUT2D eigenvalue weighted by Crippen LogP contribution is 2.29. The van der Waals surface area contributed by atoms with Gasteiger partial charge in [-0.2, -0.15) is 0 Å². The number of carbonyl (C=O) groups is 2. The van der Waals surface area contributed by atoms with Gasteiger partial charge in [-0.3, -0.25) is 9.36 Å². The Morgan fingerprint density at radius 2 is 1.41 bits per heavy atom. The van der Waals surface area contributed by atoms with Crippen LogP contribution >= 0.6 is 0 Å². The number of aromatic nitrogens is 1. The van der Waals surface area contributed by atoms with E-state index in [1.165, 1.54) is 4.57 Å². The number of pyridine rings is 1. The second-order valence-electron chi connectivity index (χ2n) is 6.40. The Balaban J connectivity index is 3.03. The molecule has 2 rings (SSSR count). The quantitative estimate of drug-likeness (QED) is 0.715. The molecule has 0 atom stereocenters. The van der Waals surface area contributed by atoms with Crippen LogP contribution in [-0.4, -0.2) is 34.8 Å². The molecule has 0 aliphatic heterocycles. The highest BCUT2D eigenvalue weighted by Gasteiger charge is 2.30. The third kappa shape index (κ3) is 4.04. The lowest BCUT2D eigenvalue weighted by atomic mass is 10.0. The predicted molar refractivity (Wildman–Crippen MR) is 109 cm³/mol. The smallest absolute Gasteiger partial charge is 0.347 e. The molecule has 1 heterocycles. The van der Waals surface area contributed by atoms with Crippen molar-refractivity contribution >= 4 is 11.9 Å². The molecule has 0 radical (unpaired) electrons. The van der Waals surface area contributed by atoms with Gasteiger partial charge in [0.1, 0.15) is 5.56 Å². The molecule has 0 amide bonds. The van der Waals surface area contributed by atoms with Crippen molar-refractivity contribution in [2.45, 2.75) is 47.5 Å². The molecule has 2 aromatic rings. The van der Waals surface area contributed by atoms with Gasteiger partial charge >= 0.3 is 11.9 Å². The highest BCUT2D eigenvalue weighted by atomic mass is 16.5. The number of carbonyl (C=O) groups excluding carboxylic acids is 2. The average molecular weight is 401 g/mol. The first-order valence-electron chi connectivity index (χ1n) is 9.77. The lowest BCUT2D eigenvalue weighted by Crippen LogP contribution is -2.32. The second kappa shape index (κ2) is 9.41. The number of rotatable bonds is 7. The molecular formula is C22H27NO6. The molecule has 0 aliphatic rings. The van der Waals surface area contributed by atoms with E-state index < -0.39 is 28.8 Å². The van der Waals surface area contributed by atoms with Crippen molar-refractivity contribution in [3.8, 4) is 11.4 Å². The van der Waals surface area contributed by atoms with Crippen LogP contribution in [0.15, 0.2) is 23.0 Å². The molecule has 0 saturated heterocycles. The Bertz CT molecular complexity index is 968. The van der Waals surface area contributed by atoms with Crippen molar-refractivity contribution in [2.75, 3.05) is 13.2 Å². The number of hydrogen-bond donors (Lipinski definition) is 1. The summed E-state index contributed by atoms with van der Waals surface area (Å²) < 4.78 is 11.3. The SMILES string of the molecule is CCOC(=O)c1c(O)c(C(=O)OCC)c(=O)n(-c2c(CC)cccc2CC)c1C. The molecule has 29 heavy (non-hydrogen) atoms. The first-order valence-corrected chi connectivity index (χ1v) is 9.77. The number of esters is 2. The van der Waals surface area contributed by atoms with Crippen molar-refractivity contribution in [3.63, 3.8) is 0 Å². The summed E-state index contributed by atoms with van der Waals surface area (Å²) in [6, 6.07) is 5.68. The fourth-order valence-corrected chi connectivity index (χ4v) is 3.38. The van der Waals surface area contributed by atoms with Crippen molar-refractivity contribution in [1.29, 1.82) is 0 Å². The number of aromatic hydroxyl groups is 1. The maximum atomic E-state index is 13.3. The molecule has 156 valence electrons. The van der Waals surface area contributed by atoms with Gasteiger partial charge in [-0.1, -0.05) is 32.0 Å². The molecule has 7 nitrogen and oxygen atoms in total. The van der Waals surface area contributed by atoms with E-state index in [2.05, 4.69) is 0 Å². The summed E-state index contributed by atoms with van der Waals surface area (Å²) in [6.45, 7) is 8.79. The Labute approximate surface area is 169 Å². The normalized spacial score (nSPS) is 10.7. The minimum absolute atomic E-state index is 0.0199. The first-order chi connectivity index (χ1) is 13.8. The van der Waals surface area contributed by atoms with Gasteiger partial charge < -0.3 is 14.6 Å². The fourth-order valence-electron chi connectivity index (χ4n) is 3.38. The van der Waals surface area contributed by atoms with Crippen LogP contribution in [0.4, 0.5) is 0 Å². The molecule has 7 heteroatoms. The van der Waals surface area contributed by atoms with Crippen LogP contribution in [0.3, 0.4) is 0 Å². The number of hydrogen-bond acceptors (Lipinski definition) is 6. The van der Waals surface area contributed by atoms with Gasteiger partial charge in [0, 0.05) is 5.69 Å². The molecule has 0 spiro atoms. The summed E-state index contributed by atoms with van der Waals surface area (Å²) >= 11 is 0. The largest absolute Gasteiger partial charge is 0.506 e. The molecule has 0 saturated carbocycles. The fraction of sp³-hybridized carbons (Fsp3) is 0.409. The van der Waals surface area contributed by atoms with Crippen LogP contribution in [0.1, 0.15) is 65.2 Å². The third-order valence-electron chi connectivity index (χ3n) is 4.74. The Morgan fingerprint density at radius 1 is 0.931 bits per heavy atom. The van der Waals surface area contributed by atoms with Gasteiger partial charge in [-0.05, 0) is 44.7 Å². The van der Waals surface area contributed by atoms with E-state index in [1.54, 1.807) is 20.8 Å². The third-order valence-corrected chi connectivity index (χ3v) is 4.74. The Kier molecular flexibility index (Phi) is 7.20. The monoisotopic (exact) mass is 401 g/mol. The van der Waals surface area contributed by atoms with Gasteiger partial charge in [0.05, 0.1) is 18.9 Å². The minimum Gasteiger partial charge on any atom is -0.506 e. The van der Waals surface area contributed by atoms with Crippen LogP contribution in [0.25, 0.3) is 5.69 Å². The van der Waals surface area contributed by atoms with E-state index in [0.717, 1.165) is 11.1 Å². The summed E-state index contributed by atoms with van der Waals surface area (Å²) in [5, 5.41) is 10.7. The van der Waals surface area contributed by atoms with Crippen molar-refractivity contribution < 1.29 is 24.2 Å². The highest BCUT2D eigenvalue weighted by molar-refractivity contribution is 6.00. The van der Waals surface area contributed by atoms with Crippen LogP contribution in [-0.2, 0) is 22.3 Å². The van der Waals surface area contributed by atoms with E-state index in [4.69, 9.17) is 9.47 Å². The molecule has 1 N–H and O–H groups in total. The van der Waals surface area contributed by atoms with E-state index in [1.807, 2.05) is 32.0 Å². The molecule has 0 fully saturated rings. The Hall–Kier alpha value is -3.09. The number of para-hydroxylation sites is 1. The van der Waals surface area contributed by atoms with Crippen LogP contribution in [0.2, 0.25) is 0 Å². The first kappa shape index (κ1) is 22.2. The van der Waals surface area contributed by atoms with E-state index >= 15 is 0 Å². The Morgan fingerprint density at radius 3 is 1.86 bits per heavy atom. The van der Waals surface area contributed by atoms with Crippen LogP contribution in [0.5, 0.6) is 5.75 Å². The maximum Gasteiger partial charge on any atom is 0.347 e. The summed E-state index contributed by atoms with van der Waals surface area (Å²) in [7, 11) is 0. The molecule has 0 aliphatic carbocycles. The van der Waals surface area contributed by atoms with Gasteiger partial charge in [0.25, 0.3) is 5.56 Å². The molecule has 1 aromatic carbocycles. The van der Waals surface area contributed by atoms with E-state index in [0.29, 0.717) is 18.5 Å². The lowest BCUT2D eigenvalue weighted by Gasteiger charge is -2.21. The van der Waals surface area contributed by atoms with Crippen LogP contribution in [0, 0.1) is 6.92 Å². The van der Waals surface area contributed by atoms with Gasteiger partial charge in [-0.15, -0.1) is 0 Å². The minimum atomic E-state index is -0.985. The molecular weight excluding hydrogens is 374 g/mol. The predicted octanol–water partition coefficient (Wildman–Crippen LogP) is 3.33. The molecule has 1 aromatic heterocycles. The van der Waals surface area contributed by atoms with Gasteiger partial charge in [0.2, 0.25) is 0 Å². The number of benzene rings is 1. The number of nitrogens with zero attached hydrogens (tertiary/aromatic N) is 1. The average Bonchev–Trinajstić information content (AvgIpc) is 2.68. The van der Waals surface area contributed by atoms with Gasteiger partial charge in [-0.25, -0.2) is 9.59 Å². The van der Waals surface area contributed by atoms with Crippen LogP contribution < -0.4 is 5.56 Å². The summed E-state index contributed by atoms with van der Waals surface area (Å²) in [4.78, 5) is 38.4. The topological polar surface area (TPSA) is 94.8 Å². The van der Waals surface area contributed by atoms with Crippen molar-refractivity contribution in [2.24, 2.45) is 0 Å². The van der Waals surface area contributed by atoms with Gasteiger partial charge in [0.15, 0.2) is 11.3 Å². The molecule has 0 bridgehead atoms. The molecule has 0 unspecified atom stereocenters. The van der Waals surface area contributed by atoms with Crippen molar-refractivity contribution in [1.82, 2.24) is 4.57 Å². The van der Waals surface area contributed by atoms with E-state index in [9.17, 15) is 19.5 Å². The van der Waals surface area contributed by atoms with Crippen molar-refractivity contribution in [3.05, 3.63) is 56.5 Å². The van der Waals surface area contributed by atoms with E-state index in [-0.39, 0.29) is 24.5 Å². The zero-order valence-corrected chi connectivity index (χ0v) is 17.5. The second-order valence-corrected chi connectivity index (χ2v) is 6.40. The standard InChI is InChI=1S/C22H27NO6/c1-6-14-11-10-12-15(7-2)18(14)23-13(5)16(21(26)28-8-3)19(24)17(20(23)25)22(27)29-9-4/h10-12,24H,6-9H2,1-5H3. The number of ether oxygens (including phenoxy) is 2. The summed E-state index contributed by atoms with van der Waals surface area (Å²) in [6.07, 6.45) is 1.28. The summed E-state index contributed by atoms with van der Waals surface area (Å²) in [5.41, 5.74) is 1.04. The maximum absolute atomic E-state index is 13.3. The summed E-state index contributed by atoms with van der Waals surface area (Å²) in [5.74, 6) is -2.51. The number of aryl methyl sites for hydroxylation is 2. The zero-order valence-electron chi connectivity index (χ0n) is 17.5. The zero-order chi connectivity index (χ0) is 21.7.